The molecule has 4 heteroatoms. The SMILES string of the molecule is COc1ccc(C2C=C(c3ccc(C)cc3)N=C(N)S2)cc1. The van der Waals surface area contributed by atoms with Crippen LogP contribution >= 0.6 is 11.8 Å². The molecule has 1 heterocycles. The van der Waals surface area contributed by atoms with Crippen molar-refractivity contribution in [1.29, 1.82) is 0 Å². The van der Waals surface area contributed by atoms with Crippen LogP contribution < -0.4 is 10.5 Å². The summed E-state index contributed by atoms with van der Waals surface area (Å²) in [5.41, 5.74) is 10.5. The lowest BCUT2D eigenvalue weighted by molar-refractivity contribution is 0.414. The Morgan fingerprint density at radius 1 is 1.05 bits per heavy atom. The quantitative estimate of drug-likeness (QED) is 0.926. The Hall–Kier alpha value is -2.20. The molecule has 3 rings (SSSR count). The highest BCUT2D eigenvalue weighted by Gasteiger charge is 2.18. The van der Waals surface area contributed by atoms with Crippen LogP contribution in [0.25, 0.3) is 5.70 Å². The molecule has 22 heavy (non-hydrogen) atoms. The number of nitrogens with two attached hydrogens (primary N) is 1. The molecule has 1 aliphatic heterocycles. The average Bonchev–Trinajstić information content (AvgIpc) is 2.55. The molecule has 3 nitrogen and oxygen atoms in total. The van der Waals surface area contributed by atoms with E-state index in [1.54, 1.807) is 18.9 Å². The molecule has 0 fully saturated rings. The van der Waals surface area contributed by atoms with Crippen LogP contribution in [-0.4, -0.2) is 12.3 Å². The first-order valence-electron chi connectivity index (χ1n) is 7.09. The van der Waals surface area contributed by atoms with Crippen molar-refractivity contribution in [2.24, 2.45) is 10.7 Å². The Morgan fingerprint density at radius 3 is 2.36 bits per heavy atom. The predicted octanol–water partition coefficient (Wildman–Crippen LogP) is 4.15. The first kappa shape index (κ1) is 14.7. The van der Waals surface area contributed by atoms with Gasteiger partial charge in [0.15, 0.2) is 5.17 Å². The first-order chi connectivity index (χ1) is 10.7. The van der Waals surface area contributed by atoms with Crippen LogP contribution in [0.5, 0.6) is 5.75 Å². The highest BCUT2D eigenvalue weighted by atomic mass is 32.2. The van der Waals surface area contributed by atoms with Gasteiger partial charge in [0.2, 0.25) is 0 Å². The second-order valence-corrected chi connectivity index (χ2v) is 6.34. The molecule has 1 atom stereocenters. The van der Waals surface area contributed by atoms with Gasteiger partial charge in [-0.25, -0.2) is 4.99 Å². The van der Waals surface area contributed by atoms with Gasteiger partial charge in [-0.15, -0.1) is 0 Å². The summed E-state index contributed by atoms with van der Waals surface area (Å²) >= 11 is 1.57. The molecule has 0 saturated carbocycles. The number of aryl methyl sites for hydroxylation is 1. The zero-order chi connectivity index (χ0) is 15.5. The zero-order valence-corrected chi connectivity index (χ0v) is 13.4. The molecule has 0 bridgehead atoms. The van der Waals surface area contributed by atoms with E-state index < -0.39 is 0 Å². The van der Waals surface area contributed by atoms with E-state index in [1.165, 1.54) is 11.1 Å². The van der Waals surface area contributed by atoms with Gasteiger partial charge in [0.05, 0.1) is 18.1 Å². The zero-order valence-electron chi connectivity index (χ0n) is 12.6. The lowest BCUT2D eigenvalue weighted by Gasteiger charge is -2.19. The summed E-state index contributed by atoms with van der Waals surface area (Å²) in [5.74, 6) is 0.855. The Morgan fingerprint density at radius 2 is 1.73 bits per heavy atom. The lowest BCUT2D eigenvalue weighted by Crippen LogP contribution is -2.12. The van der Waals surface area contributed by atoms with Crippen molar-refractivity contribution in [2.75, 3.05) is 7.11 Å². The van der Waals surface area contributed by atoms with Crippen LogP contribution in [0.1, 0.15) is 21.9 Å². The molecule has 2 aromatic rings. The van der Waals surface area contributed by atoms with E-state index in [4.69, 9.17) is 10.5 Å². The van der Waals surface area contributed by atoms with E-state index in [0.29, 0.717) is 5.17 Å². The predicted molar refractivity (Wildman–Crippen MR) is 94.1 cm³/mol. The lowest BCUT2D eigenvalue weighted by atomic mass is 10.1. The first-order valence-corrected chi connectivity index (χ1v) is 7.97. The van der Waals surface area contributed by atoms with Gasteiger partial charge >= 0.3 is 0 Å². The molecule has 0 aromatic heterocycles. The van der Waals surface area contributed by atoms with Crippen molar-refractivity contribution >= 4 is 22.6 Å². The number of aliphatic imine (C=N–C) groups is 1. The van der Waals surface area contributed by atoms with Gasteiger partial charge in [-0.2, -0.15) is 0 Å². The smallest absolute Gasteiger partial charge is 0.160 e. The van der Waals surface area contributed by atoms with Crippen molar-refractivity contribution < 1.29 is 4.74 Å². The molecule has 0 radical (unpaired) electrons. The van der Waals surface area contributed by atoms with Gasteiger partial charge in [-0.05, 0) is 36.3 Å². The van der Waals surface area contributed by atoms with Gasteiger partial charge in [0, 0.05) is 0 Å². The number of nitrogens with zero attached hydrogens (tertiary/aromatic N) is 1. The van der Waals surface area contributed by atoms with E-state index in [2.05, 4.69) is 54.4 Å². The Bertz CT molecular complexity index is 718. The molecule has 0 amide bonds. The number of amidine groups is 1. The normalized spacial score (nSPS) is 17.6. The topological polar surface area (TPSA) is 47.6 Å². The van der Waals surface area contributed by atoms with E-state index >= 15 is 0 Å². The van der Waals surface area contributed by atoms with E-state index in [-0.39, 0.29) is 5.25 Å². The maximum Gasteiger partial charge on any atom is 0.160 e. The minimum absolute atomic E-state index is 0.166. The summed E-state index contributed by atoms with van der Waals surface area (Å²) in [6.45, 7) is 2.08. The van der Waals surface area contributed by atoms with Crippen molar-refractivity contribution in [3.63, 3.8) is 0 Å². The summed E-state index contributed by atoms with van der Waals surface area (Å²) < 4.78 is 5.21. The number of benzene rings is 2. The molecule has 2 aromatic carbocycles. The number of ether oxygens (including phenoxy) is 1. The molecule has 0 aliphatic carbocycles. The second kappa shape index (κ2) is 6.28. The van der Waals surface area contributed by atoms with Crippen LogP contribution in [0.15, 0.2) is 59.6 Å². The van der Waals surface area contributed by atoms with Gasteiger partial charge in [-0.1, -0.05) is 53.7 Å². The van der Waals surface area contributed by atoms with Gasteiger partial charge < -0.3 is 10.5 Å². The molecular formula is C18H18N2OS. The van der Waals surface area contributed by atoms with E-state index in [1.807, 2.05) is 12.1 Å². The van der Waals surface area contributed by atoms with Gasteiger partial charge in [0.1, 0.15) is 5.75 Å². The second-order valence-electron chi connectivity index (χ2n) is 5.18. The molecule has 1 unspecified atom stereocenters. The third-order valence-electron chi connectivity index (χ3n) is 3.58. The Balaban J connectivity index is 1.92. The van der Waals surface area contributed by atoms with Crippen LogP contribution in [0.4, 0.5) is 0 Å². The van der Waals surface area contributed by atoms with Crippen LogP contribution in [0.3, 0.4) is 0 Å². The van der Waals surface area contributed by atoms with Crippen molar-refractivity contribution in [3.8, 4) is 5.75 Å². The molecule has 112 valence electrons. The summed E-state index contributed by atoms with van der Waals surface area (Å²) in [4.78, 5) is 4.49. The number of hydrogen-bond acceptors (Lipinski definition) is 4. The van der Waals surface area contributed by atoms with Crippen molar-refractivity contribution in [2.45, 2.75) is 12.2 Å². The maximum absolute atomic E-state index is 6.02. The number of rotatable bonds is 3. The Labute approximate surface area is 134 Å². The third kappa shape index (κ3) is 3.17. The fourth-order valence-corrected chi connectivity index (χ4v) is 3.23. The summed E-state index contributed by atoms with van der Waals surface area (Å²) in [6.07, 6.45) is 2.16. The van der Waals surface area contributed by atoms with E-state index in [9.17, 15) is 0 Å². The maximum atomic E-state index is 6.02. The highest BCUT2D eigenvalue weighted by Crippen LogP contribution is 2.38. The fraction of sp³-hybridized carbons (Fsp3) is 0.167. The minimum Gasteiger partial charge on any atom is -0.497 e. The van der Waals surface area contributed by atoms with Crippen molar-refractivity contribution in [1.82, 2.24) is 0 Å². The number of hydrogen-bond donors (Lipinski definition) is 1. The fourth-order valence-electron chi connectivity index (χ4n) is 2.33. The standard InChI is InChI=1S/C18H18N2OS/c1-12-3-5-13(6-4-12)16-11-17(22-18(19)20-16)14-7-9-15(21-2)10-8-14/h3-11,17H,1-2H3,(H2,19,20). The molecular weight excluding hydrogens is 292 g/mol. The van der Waals surface area contributed by atoms with Crippen LogP contribution in [0, 0.1) is 6.92 Å². The van der Waals surface area contributed by atoms with Gasteiger partial charge in [-0.3, -0.25) is 0 Å². The number of methoxy groups -OCH3 is 1. The monoisotopic (exact) mass is 310 g/mol. The summed E-state index contributed by atoms with van der Waals surface area (Å²) in [6, 6.07) is 16.4. The molecule has 1 aliphatic rings. The number of thioether (sulfide) groups is 1. The average molecular weight is 310 g/mol. The molecule has 0 saturated heterocycles. The highest BCUT2D eigenvalue weighted by molar-refractivity contribution is 8.14. The third-order valence-corrected chi connectivity index (χ3v) is 4.57. The molecule has 0 spiro atoms. The van der Waals surface area contributed by atoms with Crippen LogP contribution in [-0.2, 0) is 0 Å². The molecule has 2 N–H and O–H groups in total. The Kier molecular flexibility index (Phi) is 4.20. The van der Waals surface area contributed by atoms with Crippen molar-refractivity contribution in [3.05, 3.63) is 71.3 Å². The van der Waals surface area contributed by atoms with Crippen LogP contribution in [0.2, 0.25) is 0 Å². The minimum atomic E-state index is 0.166. The largest absolute Gasteiger partial charge is 0.497 e. The summed E-state index contributed by atoms with van der Waals surface area (Å²) in [5, 5.41) is 0.763. The van der Waals surface area contributed by atoms with Gasteiger partial charge in [0.25, 0.3) is 0 Å². The summed E-state index contributed by atoms with van der Waals surface area (Å²) in [7, 11) is 1.67. The van der Waals surface area contributed by atoms with E-state index in [0.717, 1.165) is 17.0 Å².